The van der Waals surface area contributed by atoms with Gasteiger partial charge in [0, 0.05) is 0 Å². The van der Waals surface area contributed by atoms with Gasteiger partial charge in [0.25, 0.3) is 0 Å². The summed E-state index contributed by atoms with van der Waals surface area (Å²) in [7, 11) is 0. The molecule has 0 amide bonds. The first-order valence-electron chi connectivity index (χ1n) is 5.67. The monoisotopic (exact) mass is 216 g/mol. The van der Waals surface area contributed by atoms with Crippen molar-refractivity contribution in [3.05, 3.63) is 24.8 Å². The molecular weight excluding hydrogens is 192 g/mol. The normalized spacial score (nSPS) is 10.1. The maximum absolute atomic E-state index is 3.68. The average molecular weight is 217 g/mol. The minimum atomic E-state index is 0. The Labute approximate surface area is 95.9 Å². The molecule has 0 unspecified atom stereocenters. The maximum Gasteiger partial charge on any atom is -0.0172 e. The largest absolute Gasteiger partial charge is 0.147 e. The molecule has 0 nitrogen and oxygen atoms in total. The van der Waals surface area contributed by atoms with Gasteiger partial charge in [0.1, 0.15) is 0 Å². The fraction of sp³-hybridized carbons (Fsp3) is 0.692. The summed E-state index contributed by atoms with van der Waals surface area (Å²) >= 11 is 0. The first-order chi connectivity index (χ1) is 6.41. The van der Waals surface area contributed by atoms with Crippen molar-refractivity contribution < 1.29 is 0 Å². The van der Waals surface area contributed by atoms with Crippen LogP contribution in [-0.4, -0.2) is 0 Å². The topological polar surface area (TPSA) is 0 Å². The highest BCUT2D eigenvalue weighted by molar-refractivity contribution is 5.85. The van der Waals surface area contributed by atoms with Crippen molar-refractivity contribution in [1.29, 1.82) is 0 Å². The minimum Gasteiger partial charge on any atom is -0.147 e. The molecule has 84 valence electrons. The Morgan fingerprint density at radius 1 is 0.929 bits per heavy atom. The first kappa shape index (κ1) is 16.2. The first-order valence-corrected chi connectivity index (χ1v) is 5.67. The fourth-order valence-corrected chi connectivity index (χ4v) is 1.35. The lowest BCUT2D eigenvalue weighted by Gasteiger charge is -1.97. The van der Waals surface area contributed by atoms with Crippen LogP contribution in [0.25, 0.3) is 0 Å². The number of rotatable bonds is 9. The molecule has 0 spiro atoms. The van der Waals surface area contributed by atoms with Crippen molar-refractivity contribution >= 4 is 12.4 Å². The molecule has 0 aromatic carbocycles. The van der Waals surface area contributed by atoms with E-state index in [0.29, 0.717) is 0 Å². The second-order valence-corrected chi connectivity index (χ2v) is 3.55. The lowest BCUT2D eigenvalue weighted by Crippen LogP contribution is -1.77. The molecule has 0 aromatic rings. The van der Waals surface area contributed by atoms with Crippen molar-refractivity contribution in [2.24, 2.45) is 0 Å². The molecule has 0 aromatic heterocycles. The summed E-state index contributed by atoms with van der Waals surface area (Å²) in [6.07, 6.45) is 17.1. The van der Waals surface area contributed by atoms with Crippen LogP contribution in [0.5, 0.6) is 0 Å². The van der Waals surface area contributed by atoms with Crippen LogP contribution in [-0.2, 0) is 0 Å². The molecule has 0 radical (unpaired) electrons. The number of allylic oxidation sites excluding steroid dienone is 3. The zero-order valence-corrected chi connectivity index (χ0v) is 10.3. The van der Waals surface area contributed by atoms with Crippen LogP contribution in [0.3, 0.4) is 0 Å². The van der Waals surface area contributed by atoms with Gasteiger partial charge in [-0.2, -0.15) is 0 Å². The Hall–Kier alpha value is -0.230. The number of hydrogen-bond acceptors (Lipinski definition) is 0. The smallest absolute Gasteiger partial charge is 0.0172 e. The van der Waals surface area contributed by atoms with Crippen LogP contribution in [0, 0.1) is 0 Å². The van der Waals surface area contributed by atoms with Gasteiger partial charge in [-0.15, -0.1) is 19.0 Å². The third-order valence-electron chi connectivity index (χ3n) is 2.19. The van der Waals surface area contributed by atoms with Gasteiger partial charge in [-0.3, -0.25) is 0 Å². The summed E-state index contributed by atoms with van der Waals surface area (Å²) in [4.78, 5) is 0. The van der Waals surface area contributed by atoms with Crippen molar-refractivity contribution in [3.8, 4) is 0 Å². The van der Waals surface area contributed by atoms with Gasteiger partial charge in [-0.25, -0.2) is 0 Å². The van der Waals surface area contributed by atoms with E-state index in [9.17, 15) is 0 Å². The minimum absolute atomic E-state index is 0. The summed E-state index contributed by atoms with van der Waals surface area (Å²) in [5.74, 6) is 0. The third kappa shape index (κ3) is 14.3. The Bertz CT molecular complexity index is 127. The molecule has 0 rings (SSSR count). The molecule has 14 heavy (non-hydrogen) atoms. The number of unbranched alkanes of at least 4 members (excludes halogenated alkanes) is 6. The van der Waals surface area contributed by atoms with Crippen LogP contribution in [0.1, 0.15) is 58.3 Å². The molecule has 0 bridgehead atoms. The van der Waals surface area contributed by atoms with E-state index in [1.807, 2.05) is 6.08 Å². The Morgan fingerprint density at radius 3 is 2.21 bits per heavy atom. The van der Waals surface area contributed by atoms with E-state index < -0.39 is 0 Å². The van der Waals surface area contributed by atoms with Crippen LogP contribution in [0.2, 0.25) is 0 Å². The van der Waals surface area contributed by atoms with Gasteiger partial charge in [-0.1, -0.05) is 57.3 Å². The molecule has 0 fully saturated rings. The van der Waals surface area contributed by atoms with E-state index in [1.165, 1.54) is 44.9 Å². The molecule has 1 heteroatoms. The van der Waals surface area contributed by atoms with Crippen molar-refractivity contribution in [3.63, 3.8) is 0 Å². The van der Waals surface area contributed by atoms with E-state index in [-0.39, 0.29) is 12.4 Å². The molecule has 0 aliphatic rings. The Morgan fingerprint density at radius 2 is 1.57 bits per heavy atom. The van der Waals surface area contributed by atoms with Gasteiger partial charge < -0.3 is 0 Å². The van der Waals surface area contributed by atoms with Crippen LogP contribution in [0.4, 0.5) is 0 Å². The fourth-order valence-electron chi connectivity index (χ4n) is 1.35. The summed E-state index contributed by atoms with van der Waals surface area (Å²) in [5.41, 5.74) is 0. The third-order valence-corrected chi connectivity index (χ3v) is 2.19. The molecular formula is C13H25Cl. The SMILES string of the molecule is C=CCC=CCCCCCCCC.Cl. The molecule has 0 N–H and O–H groups in total. The molecule has 0 atom stereocenters. The zero-order chi connectivity index (χ0) is 9.78. The van der Waals surface area contributed by atoms with E-state index >= 15 is 0 Å². The van der Waals surface area contributed by atoms with Crippen molar-refractivity contribution in [1.82, 2.24) is 0 Å². The van der Waals surface area contributed by atoms with Crippen molar-refractivity contribution in [2.75, 3.05) is 0 Å². The number of halogens is 1. The molecule has 0 saturated heterocycles. The van der Waals surface area contributed by atoms with Gasteiger partial charge in [0.15, 0.2) is 0 Å². The molecule has 0 saturated carbocycles. The molecule has 0 aliphatic heterocycles. The van der Waals surface area contributed by atoms with Crippen molar-refractivity contribution in [2.45, 2.75) is 58.3 Å². The van der Waals surface area contributed by atoms with Crippen LogP contribution >= 0.6 is 12.4 Å². The Balaban J connectivity index is 0. The highest BCUT2D eigenvalue weighted by Crippen LogP contribution is 2.07. The number of hydrogen-bond donors (Lipinski definition) is 0. The van der Waals surface area contributed by atoms with E-state index in [2.05, 4.69) is 25.7 Å². The summed E-state index contributed by atoms with van der Waals surface area (Å²) in [6.45, 7) is 5.94. The highest BCUT2D eigenvalue weighted by atomic mass is 35.5. The van der Waals surface area contributed by atoms with E-state index in [0.717, 1.165) is 6.42 Å². The Kier molecular flexibility index (Phi) is 17.7. The van der Waals surface area contributed by atoms with Gasteiger partial charge in [-0.05, 0) is 19.3 Å². The molecule has 0 heterocycles. The van der Waals surface area contributed by atoms with E-state index in [1.54, 1.807) is 0 Å². The lowest BCUT2D eigenvalue weighted by atomic mass is 10.1. The lowest BCUT2D eigenvalue weighted by molar-refractivity contribution is 0.611. The standard InChI is InChI=1S/C13H24.ClH/c1-3-5-7-9-11-13-12-10-8-6-4-2;/h3,7,9H,1,4-6,8,10-13H2,2H3;1H. The average Bonchev–Trinajstić information content (AvgIpc) is 2.16. The zero-order valence-electron chi connectivity index (χ0n) is 9.50. The van der Waals surface area contributed by atoms with Crippen LogP contribution < -0.4 is 0 Å². The molecule has 0 aliphatic carbocycles. The predicted octanol–water partition coefficient (Wildman–Crippen LogP) is 5.29. The quantitative estimate of drug-likeness (QED) is 0.363. The van der Waals surface area contributed by atoms with Gasteiger partial charge >= 0.3 is 0 Å². The predicted molar refractivity (Wildman–Crippen MR) is 69.2 cm³/mol. The summed E-state index contributed by atoms with van der Waals surface area (Å²) in [6, 6.07) is 0. The maximum atomic E-state index is 3.68. The van der Waals surface area contributed by atoms with Crippen LogP contribution in [0.15, 0.2) is 24.8 Å². The van der Waals surface area contributed by atoms with Gasteiger partial charge in [0.05, 0.1) is 0 Å². The second-order valence-electron chi connectivity index (χ2n) is 3.55. The summed E-state index contributed by atoms with van der Waals surface area (Å²) in [5, 5.41) is 0. The highest BCUT2D eigenvalue weighted by Gasteiger charge is 1.87. The van der Waals surface area contributed by atoms with E-state index in [4.69, 9.17) is 0 Å². The van der Waals surface area contributed by atoms with Gasteiger partial charge in [0.2, 0.25) is 0 Å². The summed E-state index contributed by atoms with van der Waals surface area (Å²) < 4.78 is 0. The second kappa shape index (κ2) is 15.3.